The molecule has 1 atom stereocenters. The van der Waals surface area contributed by atoms with Crippen molar-refractivity contribution in [3.05, 3.63) is 34.4 Å². The molecule has 2 rings (SSSR count). The topological polar surface area (TPSA) is 58.4 Å². The molecule has 1 N–H and O–H groups in total. The molecule has 0 aliphatic carbocycles. The SMILES string of the molecule is CC1CN(c2ccc([N+](=O)[O-])cc2)CCN1.[Cl-]. The van der Waals surface area contributed by atoms with Gasteiger partial charge in [0.2, 0.25) is 0 Å². The number of nitro benzene ring substituents is 1. The number of halogens is 1. The van der Waals surface area contributed by atoms with E-state index >= 15 is 0 Å². The molecule has 1 aromatic rings. The first-order valence-electron chi connectivity index (χ1n) is 5.39. The molecule has 1 fully saturated rings. The van der Waals surface area contributed by atoms with Gasteiger partial charge in [-0.2, -0.15) is 0 Å². The zero-order valence-electron chi connectivity index (χ0n) is 9.60. The molecule has 0 saturated carbocycles. The van der Waals surface area contributed by atoms with Crippen LogP contribution < -0.4 is 22.6 Å². The molecule has 17 heavy (non-hydrogen) atoms. The molecule has 5 nitrogen and oxygen atoms in total. The highest BCUT2D eigenvalue weighted by atomic mass is 35.5. The summed E-state index contributed by atoms with van der Waals surface area (Å²) in [6.45, 7) is 4.98. The van der Waals surface area contributed by atoms with Gasteiger partial charge in [0.15, 0.2) is 0 Å². The molecule has 0 bridgehead atoms. The second kappa shape index (κ2) is 5.84. The summed E-state index contributed by atoms with van der Waals surface area (Å²) in [5.41, 5.74) is 1.20. The van der Waals surface area contributed by atoms with E-state index in [9.17, 15) is 10.1 Å². The molecule has 1 unspecified atom stereocenters. The third-order valence-corrected chi connectivity index (χ3v) is 2.79. The predicted molar refractivity (Wildman–Crippen MR) is 62.8 cm³/mol. The fourth-order valence-electron chi connectivity index (χ4n) is 1.95. The van der Waals surface area contributed by atoms with Crippen molar-refractivity contribution in [3.63, 3.8) is 0 Å². The lowest BCUT2D eigenvalue weighted by atomic mass is 10.2. The van der Waals surface area contributed by atoms with E-state index in [1.165, 1.54) is 0 Å². The van der Waals surface area contributed by atoms with Crippen molar-refractivity contribution >= 4 is 11.4 Å². The van der Waals surface area contributed by atoms with E-state index in [4.69, 9.17) is 0 Å². The van der Waals surface area contributed by atoms with E-state index in [2.05, 4.69) is 17.1 Å². The molecule has 1 heterocycles. The molecule has 94 valence electrons. The average Bonchev–Trinajstić information content (AvgIpc) is 2.29. The first-order chi connectivity index (χ1) is 7.66. The highest BCUT2D eigenvalue weighted by Crippen LogP contribution is 2.20. The lowest BCUT2D eigenvalue weighted by Crippen LogP contribution is -3.00. The number of hydrogen-bond acceptors (Lipinski definition) is 4. The Morgan fingerprint density at radius 3 is 2.59 bits per heavy atom. The Bertz CT molecular complexity index is 383. The van der Waals surface area contributed by atoms with Gasteiger partial charge in [0.05, 0.1) is 4.92 Å². The Morgan fingerprint density at radius 2 is 2.06 bits per heavy atom. The minimum absolute atomic E-state index is 0. The number of nitrogens with one attached hydrogen (secondary N) is 1. The number of benzene rings is 1. The quantitative estimate of drug-likeness (QED) is 0.511. The van der Waals surface area contributed by atoms with Crippen LogP contribution >= 0.6 is 0 Å². The highest BCUT2D eigenvalue weighted by molar-refractivity contribution is 5.51. The van der Waals surface area contributed by atoms with Crippen molar-refractivity contribution in [2.45, 2.75) is 13.0 Å². The smallest absolute Gasteiger partial charge is 0.269 e. The summed E-state index contributed by atoms with van der Waals surface area (Å²) in [6.07, 6.45) is 0. The lowest BCUT2D eigenvalue weighted by Gasteiger charge is -2.33. The van der Waals surface area contributed by atoms with Crippen LogP contribution in [0.3, 0.4) is 0 Å². The average molecular weight is 257 g/mol. The Morgan fingerprint density at radius 1 is 1.41 bits per heavy atom. The van der Waals surface area contributed by atoms with Crippen molar-refractivity contribution in [1.82, 2.24) is 5.32 Å². The van der Waals surface area contributed by atoms with Gasteiger partial charge in [-0.15, -0.1) is 0 Å². The summed E-state index contributed by atoms with van der Waals surface area (Å²) in [6, 6.07) is 7.21. The Labute approximate surface area is 106 Å². The van der Waals surface area contributed by atoms with Gasteiger partial charge in [-0.3, -0.25) is 10.1 Å². The number of nitrogens with zero attached hydrogens (tertiary/aromatic N) is 2. The summed E-state index contributed by atoms with van der Waals surface area (Å²) in [5, 5.41) is 13.9. The first-order valence-corrected chi connectivity index (χ1v) is 5.39. The normalized spacial score (nSPS) is 19.6. The second-order valence-corrected chi connectivity index (χ2v) is 4.07. The van der Waals surface area contributed by atoms with Crippen LogP contribution in [-0.2, 0) is 0 Å². The van der Waals surface area contributed by atoms with Crippen LogP contribution in [0.2, 0.25) is 0 Å². The standard InChI is InChI=1S/C11H15N3O2.ClH/c1-9-8-13(7-6-12-9)10-2-4-11(5-3-10)14(15)16;/h2-5,9,12H,6-8H2,1H3;1H/p-1. The van der Waals surface area contributed by atoms with Crippen molar-refractivity contribution < 1.29 is 17.3 Å². The summed E-state index contributed by atoms with van der Waals surface area (Å²) in [4.78, 5) is 12.4. The van der Waals surface area contributed by atoms with Crippen molar-refractivity contribution in [3.8, 4) is 0 Å². The van der Waals surface area contributed by atoms with E-state index < -0.39 is 0 Å². The molecule has 1 aliphatic heterocycles. The molecule has 1 saturated heterocycles. The summed E-state index contributed by atoms with van der Waals surface area (Å²) in [7, 11) is 0. The number of piperazine rings is 1. The van der Waals surface area contributed by atoms with E-state index in [0.29, 0.717) is 6.04 Å². The molecular weight excluding hydrogens is 242 g/mol. The van der Waals surface area contributed by atoms with E-state index in [0.717, 1.165) is 25.3 Å². The molecular formula is C11H15ClN3O2-. The molecule has 0 radical (unpaired) electrons. The predicted octanol–water partition coefficient (Wildman–Crippen LogP) is -1.60. The maximum Gasteiger partial charge on any atom is 0.269 e. The number of non-ortho nitro benzene ring substituents is 1. The van der Waals surface area contributed by atoms with Crippen LogP contribution in [0.1, 0.15) is 6.92 Å². The maximum absolute atomic E-state index is 10.5. The van der Waals surface area contributed by atoms with Gasteiger partial charge in [0.25, 0.3) is 5.69 Å². The molecule has 0 amide bonds. The van der Waals surface area contributed by atoms with Gasteiger partial charge in [-0.1, -0.05) is 0 Å². The van der Waals surface area contributed by atoms with Crippen LogP contribution in [0.5, 0.6) is 0 Å². The monoisotopic (exact) mass is 256 g/mol. The fourth-order valence-corrected chi connectivity index (χ4v) is 1.95. The largest absolute Gasteiger partial charge is 1.00 e. The molecule has 1 aromatic carbocycles. The lowest BCUT2D eigenvalue weighted by molar-refractivity contribution is -0.384. The fraction of sp³-hybridized carbons (Fsp3) is 0.455. The molecule has 6 heteroatoms. The van der Waals surface area contributed by atoms with E-state index in [-0.39, 0.29) is 23.0 Å². The summed E-state index contributed by atoms with van der Waals surface area (Å²) >= 11 is 0. The number of rotatable bonds is 2. The second-order valence-electron chi connectivity index (χ2n) is 4.07. The van der Waals surface area contributed by atoms with Crippen molar-refractivity contribution in [2.24, 2.45) is 0 Å². The number of anilines is 1. The molecule has 0 spiro atoms. The molecule has 1 aliphatic rings. The van der Waals surface area contributed by atoms with Gasteiger partial charge in [0, 0.05) is 43.5 Å². The van der Waals surface area contributed by atoms with Crippen molar-refractivity contribution in [2.75, 3.05) is 24.5 Å². The zero-order valence-corrected chi connectivity index (χ0v) is 10.4. The summed E-state index contributed by atoms with van der Waals surface area (Å²) < 4.78 is 0. The Kier molecular flexibility index (Phi) is 4.72. The van der Waals surface area contributed by atoms with Crippen LogP contribution in [0, 0.1) is 10.1 Å². The Hall–Kier alpha value is -1.33. The van der Waals surface area contributed by atoms with Gasteiger partial charge in [0.1, 0.15) is 0 Å². The minimum atomic E-state index is -0.371. The van der Waals surface area contributed by atoms with Gasteiger partial charge in [-0.05, 0) is 19.1 Å². The Balaban J connectivity index is 0.00000144. The van der Waals surface area contributed by atoms with E-state index in [1.807, 2.05) is 12.1 Å². The summed E-state index contributed by atoms with van der Waals surface area (Å²) in [5.74, 6) is 0. The highest BCUT2D eigenvalue weighted by Gasteiger charge is 2.16. The van der Waals surface area contributed by atoms with Crippen molar-refractivity contribution in [1.29, 1.82) is 0 Å². The van der Waals surface area contributed by atoms with Gasteiger partial charge < -0.3 is 22.6 Å². The van der Waals surface area contributed by atoms with Crippen LogP contribution in [0.25, 0.3) is 0 Å². The molecule has 0 aromatic heterocycles. The van der Waals surface area contributed by atoms with Gasteiger partial charge >= 0.3 is 0 Å². The maximum atomic E-state index is 10.5. The zero-order chi connectivity index (χ0) is 11.5. The van der Waals surface area contributed by atoms with Crippen LogP contribution in [-0.4, -0.2) is 30.6 Å². The third kappa shape index (κ3) is 3.31. The van der Waals surface area contributed by atoms with Crippen LogP contribution in [0.4, 0.5) is 11.4 Å². The first kappa shape index (κ1) is 13.7. The minimum Gasteiger partial charge on any atom is -1.00 e. The number of hydrogen-bond donors (Lipinski definition) is 1. The number of nitro groups is 1. The van der Waals surface area contributed by atoms with E-state index in [1.54, 1.807) is 12.1 Å². The van der Waals surface area contributed by atoms with Gasteiger partial charge in [-0.25, -0.2) is 0 Å². The third-order valence-electron chi connectivity index (χ3n) is 2.79. The van der Waals surface area contributed by atoms with Crippen LogP contribution in [0.15, 0.2) is 24.3 Å².